The van der Waals surface area contributed by atoms with Crippen molar-refractivity contribution in [3.8, 4) is 0 Å². The van der Waals surface area contributed by atoms with Crippen molar-refractivity contribution >= 4 is 24.2 Å². The van der Waals surface area contributed by atoms with Gasteiger partial charge in [0.15, 0.2) is 0 Å². The number of carbonyl (C=O) groups is 2. The number of amides is 2. The van der Waals surface area contributed by atoms with E-state index in [9.17, 15) is 9.59 Å². The lowest BCUT2D eigenvalue weighted by Crippen LogP contribution is -2.13. The van der Waals surface area contributed by atoms with Crippen LogP contribution >= 0.6 is 0 Å². The number of carbonyl (C=O) groups excluding carboxylic acids is 2. The van der Waals surface area contributed by atoms with Gasteiger partial charge < -0.3 is 10.6 Å². The Kier molecular flexibility index (Phi) is 5.94. The fourth-order valence-corrected chi connectivity index (χ4v) is 2.68. The maximum Gasteiger partial charge on any atom is 0.211 e. The highest BCUT2D eigenvalue weighted by Crippen LogP contribution is 2.42. The first-order chi connectivity index (χ1) is 9.84. The molecule has 0 unspecified atom stereocenters. The average molecular weight is 290 g/mol. The number of nitrogens with one attached hydrogen (secondary N) is 2. The van der Waals surface area contributed by atoms with Gasteiger partial charge in [0.1, 0.15) is 0 Å². The fourth-order valence-electron chi connectivity index (χ4n) is 2.68. The minimum atomic E-state index is 0.186. The standard InChI is InChI=1S/C17H26N2O2/c1-10(2)13-7-14(11(3)4)17(19-9-21)15(12(5)6)16(13)18-8-20/h7-12H,1-6H3,(H,18,20)(H,19,21). The average Bonchev–Trinajstić information content (AvgIpc) is 2.38. The van der Waals surface area contributed by atoms with Crippen molar-refractivity contribution < 1.29 is 9.59 Å². The minimum absolute atomic E-state index is 0.186. The van der Waals surface area contributed by atoms with Crippen LogP contribution in [0.15, 0.2) is 6.07 Å². The molecule has 2 amide bonds. The van der Waals surface area contributed by atoms with Gasteiger partial charge in [0, 0.05) is 16.9 Å². The molecule has 0 atom stereocenters. The molecule has 0 fully saturated rings. The number of anilines is 2. The summed E-state index contributed by atoms with van der Waals surface area (Å²) in [6.45, 7) is 12.5. The summed E-state index contributed by atoms with van der Waals surface area (Å²) in [5.41, 5.74) is 4.84. The Morgan fingerprint density at radius 3 is 1.38 bits per heavy atom. The highest BCUT2D eigenvalue weighted by molar-refractivity contribution is 5.86. The van der Waals surface area contributed by atoms with Crippen LogP contribution in [0.1, 0.15) is 76.0 Å². The maximum atomic E-state index is 11.0. The van der Waals surface area contributed by atoms with Crippen LogP contribution in [-0.2, 0) is 9.59 Å². The minimum Gasteiger partial charge on any atom is -0.328 e. The number of benzene rings is 1. The van der Waals surface area contributed by atoms with Gasteiger partial charge in [-0.15, -0.1) is 0 Å². The van der Waals surface area contributed by atoms with Crippen molar-refractivity contribution in [1.82, 2.24) is 0 Å². The lowest BCUT2D eigenvalue weighted by Gasteiger charge is -2.26. The molecule has 0 spiro atoms. The molecule has 21 heavy (non-hydrogen) atoms. The van der Waals surface area contributed by atoms with Crippen LogP contribution in [0, 0.1) is 0 Å². The molecule has 116 valence electrons. The van der Waals surface area contributed by atoms with Gasteiger partial charge in [0.2, 0.25) is 12.8 Å². The van der Waals surface area contributed by atoms with E-state index < -0.39 is 0 Å². The predicted octanol–water partition coefficient (Wildman–Crippen LogP) is 4.19. The van der Waals surface area contributed by atoms with E-state index in [4.69, 9.17) is 0 Å². The second-order valence-electron chi connectivity index (χ2n) is 6.21. The molecule has 0 heterocycles. The molecule has 0 saturated carbocycles. The summed E-state index contributed by atoms with van der Waals surface area (Å²) in [4.78, 5) is 22.0. The Morgan fingerprint density at radius 1 is 0.762 bits per heavy atom. The van der Waals surface area contributed by atoms with Gasteiger partial charge in [0.05, 0.1) is 0 Å². The molecule has 0 radical (unpaired) electrons. The SMILES string of the molecule is CC(C)c1cc(C(C)C)c(NC=O)c(C(C)C)c1NC=O. The second kappa shape index (κ2) is 7.25. The third kappa shape index (κ3) is 3.63. The van der Waals surface area contributed by atoms with Crippen molar-refractivity contribution in [1.29, 1.82) is 0 Å². The zero-order valence-corrected chi connectivity index (χ0v) is 13.8. The van der Waals surface area contributed by atoms with Gasteiger partial charge in [-0.1, -0.05) is 47.6 Å². The Balaban J connectivity index is 3.78. The van der Waals surface area contributed by atoms with Gasteiger partial charge in [-0.05, 0) is 28.9 Å². The van der Waals surface area contributed by atoms with E-state index in [1.165, 1.54) is 0 Å². The molecule has 0 bridgehead atoms. The molecule has 0 aliphatic heterocycles. The van der Waals surface area contributed by atoms with Crippen LogP contribution in [0.25, 0.3) is 0 Å². The van der Waals surface area contributed by atoms with Gasteiger partial charge in [-0.25, -0.2) is 0 Å². The van der Waals surface area contributed by atoms with E-state index in [1.807, 2.05) is 0 Å². The van der Waals surface area contributed by atoms with Crippen LogP contribution < -0.4 is 10.6 Å². The van der Waals surface area contributed by atoms with Crippen molar-refractivity contribution in [2.75, 3.05) is 10.6 Å². The first-order valence-electron chi connectivity index (χ1n) is 7.46. The van der Waals surface area contributed by atoms with Gasteiger partial charge in [-0.3, -0.25) is 9.59 Å². The molecule has 1 aromatic carbocycles. The topological polar surface area (TPSA) is 58.2 Å². The van der Waals surface area contributed by atoms with Crippen molar-refractivity contribution in [3.05, 3.63) is 22.8 Å². The third-order valence-corrected chi connectivity index (χ3v) is 3.65. The third-order valence-electron chi connectivity index (χ3n) is 3.65. The number of rotatable bonds is 7. The zero-order valence-electron chi connectivity index (χ0n) is 13.8. The second-order valence-corrected chi connectivity index (χ2v) is 6.21. The molecular formula is C17H26N2O2. The van der Waals surface area contributed by atoms with Crippen molar-refractivity contribution in [2.24, 2.45) is 0 Å². The molecule has 4 heteroatoms. The number of hydrogen-bond acceptors (Lipinski definition) is 2. The van der Waals surface area contributed by atoms with Gasteiger partial charge in [-0.2, -0.15) is 0 Å². The first-order valence-corrected chi connectivity index (χ1v) is 7.46. The Hall–Kier alpha value is -1.84. The van der Waals surface area contributed by atoms with Crippen LogP contribution in [0.2, 0.25) is 0 Å². The summed E-state index contributed by atoms with van der Waals surface area (Å²) in [6, 6.07) is 2.10. The quantitative estimate of drug-likeness (QED) is 0.740. The highest BCUT2D eigenvalue weighted by Gasteiger charge is 2.22. The Labute approximate surface area is 127 Å². The van der Waals surface area contributed by atoms with E-state index in [-0.39, 0.29) is 17.8 Å². The molecule has 4 nitrogen and oxygen atoms in total. The van der Waals surface area contributed by atoms with Crippen LogP contribution in [0.4, 0.5) is 11.4 Å². The summed E-state index contributed by atoms with van der Waals surface area (Å²) in [7, 11) is 0. The molecule has 0 aliphatic carbocycles. The summed E-state index contributed by atoms with van der Waals surface area (Å²) < 4.78 is 0. The highest BCUT2D eigenvalue weighted by atomic mass is 16.1. The van der Waals surface area contributed by atoms with E-state index in [0.29, 0.717) is 12.8 Å². The smallest absolute Gasteiger partial charge is 0.211 e. The molecule has 1 aromatic rings. The van der Waals surface area contributed by atoms with Crippen molar-refractivity contribution in [2.45, 2.75) is 59.3 Å². The van der Waals surface area contributed by atoms with E-state index in [2.05, 4.69) is 58.2 Å². The van der Waals surface area contributed by atoms with Crippen LogP contribution in [-0.4, -0.2) is 12.8 Å². The summed E-state index contributed by atoms with van der Waals surface area (Å²) in [5.74, 6) is 0.756. The molecule has 0 saturated heterocycles. The summed E-state index contributed by atoms with van der Waals surface area (Å²) in [5, 5.41) is 5.67. The van der Waals surface area contributed by atoms with Crippen LogP contribution in [0.3, 0.4) is 0 Å². The van der Waals surface area contributed by atoms with E-state index in [1.54, 1.807) is 0 Å². The normalized spacial score (nSPS) is 11.1. The molecule has 0 aromatic heterocycles. The summed E-state index contributed by atoms with van der Waals surface area (Å²) >= 11 is 0. The lowest BCUT2D eigenvalue weighted by atomic mass is 9.85. The lowest BCUT2D eigenvalue weighted by molar-refractivity contribution is -0.106. The van der Waals surface area contributed by atoms with Gasteiger partial charge in [0.25, 0.3) is 0 Å². The Bertz CT molecular complexity index is 480. The maximum absolute atomic E-state index is 11.0. The van der Waals surface area contributed by atoms with Gasteiger partial charge >= 0.3 is 0 Å². The monoisotopic (exact) mass is 290 g/mol. The van der Waals surface area contributed by atoms with E-state index in [0.717, 1.165) is 28.1 Å². The Morgan fingerprint density at radius 2 is 1.14 bits per heavy atom. The predicted molar refractivity (Wildman–Crippen MR) is 88.1 cm³/mol. The molecule has 1 rings (SSSR count). The largest absolute Gasteiger partial charge is 0.328 e. The fraction of sp³-hybridized carbons (Fsp3) is 0.529. The van der Waals surface area contributed by atoms with Crippen molar-refractivity contribution in [3.63, 3.8) is 0 Å². The molecular weight excluding hydrogens is 264 g/mol. The summed E-state index contributed by atoms with van der Waals surface area (Å²) in [6.07, 6.45) is 1.40. The first kappa shape index (κ1) is 17.2. The molecule has 0 aliphatic rings. The van der Waals surface area contributed by atoms with E-state index >= 15 is 0 Å². The molecule has 2 N–H and O–H groups in total. The van der Waals surface area contributed by atoms with Crippen LogP contribution in [0.5, 0.6) is 0 Å². The zero-order chi connectivity index (χ0) is 16.2. The number of hydrogen-bond donors (Lipinski definition) is 2.